The van der Waals surface area contributed by atoms with Gasteiger partial charge in [-0.25, -0.2) is 0 Å². The van der Waals surface area contributed by atoms with Crippen LogP contribution in [0.3, 0.4) is 0 Å². The number of aromatic nitrogens is 2. The standard InChI is InChI=1S/C11H19N3/c1-8-11(12)9(2)14(13-8)7-10-5-3-4-6-10/h10H,3-7,12H2,1-2H3. The van der Waals surface area contributed by atoms with E-state index in [1.54, 1.807) is 0 Å². The summed E-state index contributed by atoms with van der Waals surface area (Å²) >= 11 is 0. The zero-order chi connectivity index (χ0) is 10.1. The van der Waals surface area contributed by atoms with E-state index in [1.807, 2.05) is 6.92 Å². The minimum Gasteiger partial charge on any atom is -0.396 e. The maximum Gasteiger partial charge on any atom is 0.0825 e. The predicted molar refractivity (Wildman–Crippen MR) is 58.1 cm³/mol. The molecule has 1 heterocycles. The molecule has 0 unspecified atom stereocenters. The van der Waals surface area contributed by atoms with Crippen LogP contribution in [0, 0.1) is 19.8 Å². The Hall–Kier alpha value is -0.990. The van der Waals surface area contributed by atoms with Gasteiger partial charge in [-0.15, -0.1) is 0 Å². The Morgan fingerprint density at radius 2 is 2.00 bits per heavy atom. The van der Waals surface area contributed by atoms with E-state index in [2.05, 4.69) is 16.7 Å². The molecule has 2 N–H and O–H groups in total. The molecule has 3 heteroatoms. The van der Waals surface area contributed by atoms with Gasteiger partial charge >= 0.3 is 0 Å². The van der Waals surface area contributed by atoms with Crippen LogP contribution in [-0.2, 0) is 6.54 Å². The van der Waals surface area contributed by atoms with E-state index < -0.39 is 0 Å². The van der Waals surface area contributed by atoms with Crippen LogP contribution in [0.15, 0.2) is 0 Å². The molecule has 1 saturated carbocycles. The molecule has 0 aromatic carbocycles. The fraction of sp³-hybridized carbons (Fsp3) is 0.727. The zero-order valence-electron chi connectivity index (χ0n) is 9.08. The lowest BCUT2D eigenvalue weighted by Crippen LogP contribution is -2.10. The van der Waals surface area contributed by atoms with Crippen LogP contribution in [0.4, 0.5) is 5.69 Å². The van der Waals surface area contributed by atoms with Crippen molar-refractivity contribution in [1.82, 2.24) is 9.78 Å². The van der Waals surface area contributed by atoms with Crippen molar-refractivity contribution in [2.24, 2.45) is 5.92 Å². The number of hydrogen-bond donors (Lipinski definition) is 1. The van der Waals surface area contributed by atoms with Gasteiger partial charge in [-0.3, -0.25) is 4.68 Å². The van der Waals surface area contributed by atoms with Gasteiger partial charge in [-0.05, 0) is 32.6 Å². The monoisotopic (exact) mass is 193 g/mol. The topological polar surface area (TPSA) is 43.8 Å². The first kappa shape index (κ1) is 9.56. The van der Waals surface area contributed by atoms with E-state index >= 15 is 0 Å². The van der Waals surface area contributed by atoms with E-state index in [-0.39, 0.29) is 0 Å². The molecular formula is C11H19N3. The molecule has 1 aromatic rings. The van der Waals surface area contributed by atoms with Gasteiger partial charge in [0.1, 0.15) is 0 Å². The summed E-state index contributed by atoms with van der Waals surface area (Å²) in [5, 5.41) is 4.46. The second-order valence-electron chi connectivity index (χ2n) is 4.42. The summed E-state index contributed by atoms with van der Waals surface area (Å²) in [4.78, 5) is 0. The van der Waals surface area contributed by atoms with Crippen molar-refractivity contribution in [3.63, 3.8) is 0 Å². The summed E-state index contributed by atoms with van der Waals surface area (Å²) in [5.74, 6) is 0.826. The second-order valence-corrected chi connectivity index (χ2v) is 4.42. The summed E-state index contributed by atoms with van der Waals surface area (Å²) < 4.78 is 2.08. The van der Waals surface area contributed by atoms with Gasteiger partial charge < -0.3 is 5.73 Å². The van der Waals surface area contributed by atoms with E-state index in [0.29, 0.717) is 0 Å². The van der Waals surface area contributed by atoms with Gasteiger partial charge in [0, 0.05) is 6.54 Å². The fourth-order valence-corrected chi connectivity index (χ4v) is 2.33. The number of nitrogens with two attached hydrogens (primary N) is 1. The Morgan fingerprint density at radius 3 is 2.50 bits per heavy atom. The van der Waals surface area contributed by atoms with Crippen LogP contribution in [0.5, 0.6) is 0 Å². The zero-order valence-corrected chi connectivity index (χ0v) is 9.08. The van der Waals surface area contributed by atoms with Crippen LogP contribution in [0.2, 0.25) is 0 Å². The van der Waals surface area contributed by atoms with Crippen LogP contribution < -0.4 is 5.73 Å². The third-order valence-corrected chi connectivity index (χ3v) is 3.34. The first-order chi connectivity index (χ1) is 6.68. The quantitative estimate of drug-likeness (QED) is 0.783. The number of nitrogens with zero attached hydrogens (tertiary/aromatic N) is 2. The molecule has 2 rings (SSSR count). The first-order valence-electron chi connectivity index (χ1n) is 5.48. The van der Waals surface area contributed by atoms with Crippen LogP contribution >= 0.6 is 0 Å². The lowest BCUT2D eigenvalue weighted by atomic mass is 10.1. The van der Waals surface area contributed by atoms with E-state index in [1.165, 1.54) is 25.7 Å². The summed E-state index contributed by atoms with van der Waals surface area (Å²) in [6, 6.07) is 0. The molecule has 0 saturated heterocycles. The van der Waals surface area contributed by atoms with Crippen molar-refractivity contribution >= 4 is 5.69 Å². The smallest absolute Gasteiger partial charge is 0.0825 e. The summed E-state index contributed by atoms with van der Waals surface area (Å²) in [7, 11) is 0. The highest BCUT2D eigenvalue weighted by molar-refractivity contribution is 5.46. The Bertz CT molecular complexity index is 322. The molecule has 0 aliphatic heterocycles. The van der Waals surface area contributed by atoms with Crippen molar-refractivity contribution in [2.45, 2.75) is 46.1 Å². The number of rotatable bonds is 2. The van der Waals surface area contributed by atoms with E-state index in [4.69, 9.17) is 5.73 Å². The minimum absolute atomic E-state index is 0.826. The first-order valence-corrected chi connectivity index (χ1v) is 5.48. The molecule has 0 spiro atoms. The molecule has 78 valence electrons. The van der Waals surface area contributed by atoms with Gasteiger partial charge in [0.15, 0.2) is 0 Å². The Kier molecular flexibility index (Phi) is 2.48. The van der Waals surface area contributed by atoms with Crippen molar-refractivity contribution in [1.29, 1.82) is 0 Å². The minimum atomic E-state index is 0.826. The average molecular weight is 193 g/mol. The highest BCUT2D eigenvalue weighted by atomic mass is 15.3. The fourth-order valence-electron chi connectivity index (χ4n) is 2.33. The van der Waals surface area contributed by atoms with Gasteiger partial charge in [-0.2, -0.15) is 5.10 Å². The Morgan fingerprint density at radius 1 is 1.36 bits per heavy atom. The molecule has 1 aromatic heterocycles. The average Bonchev–Trinajstić information content (AvgIpc) is 2.73. The van der Waals surface area contributed by atoms with Crippen LogP contribution in [0.1, 0.15) is 37.1 Å². The van der Waals surface area contributed by atoms with Crippen molar-refractivity contribution < 1.29 is 0 Å². The predicted octanol–water partition coefficient (Wildman–Crippen LogP) is 2.27. The molecule has 1 fully saturated rings. The Balaban J connectivity index is 2.12. The maximum atomic E-state index is 5.89. The van der Waals surface area contributed by atoms with Crippen LogP contribution in [-0.4, -0.2) is 9.78 Å². The number of hydrogen-bond acceptors (Lipinski definition) is 2. The molecule has 3 nitrogen and oxygen atoms in total. The molecule has 0 atom stereocenters. The number of nitrogen functional groups attached to an aromatic ring is 1. The van der Waals surface area contributed by atoms with Gasteiger partial charge in [0.05, 0.1) is 17.1 Å². The number of anilines is 1. The molecule has 14 heavy (non-hydrogen) atoms. The number of aryl methyl sites for hydroxylation is 1. The molecule has 0 radical (unpaired) electrons. The normalized spacial score (nSPS) is 17.9. The van der Waals surface area contributed by atoms with E-state index in [0.717, 1.165) is 29.5 Å². The molecule has 0 amide bonds. The lowest BCUT2D eigenvalue weighted by molar-refractivity contribution is 0.422. The molecule has 0 bridgehead atoms. The van der Waals surface area contributed by atoms with Crippen molar-refractivity contribution in [2.75, 3.05) is 5.73 Å². The van der Waals surface area contributed by atoms with Gasteiger partial charge in [0.2, 0.25) is 0 Å². The maximum absolute atomic E-state index is 5.89. The Labute approximate surface area is 85.3 Å². The van der Waals surface area contributed by atoms with Crippen LogP contribution in [0.25, 0.3) is 0 Å². The van der Waals surface area contributed by atoms with Crippen molar-refractivity contribution in [3.05, 3.63) is 11.4 Å². The third-order valence-electron chi connectivity index (χ3n) is 3.34. The highest BCUT2D eigenvalue weighted by Gasteiger charge is 2.17. The lowest BCUT2D eigenvalue weighted by Gasteiger charge is -2.10. The molecular weight excluding hydrogens is 174 g/mol. The van der Waals surface area contributed by atoms with Gasteiger partial charge in [-0.1, -0.05) is 12.8 Å². The largest absolute Gasteiger partial charge is 0.396 e. The van der Waals surface area contributed by atoms with Gasteiger partial charge in [0.25, 0.3) is 0 Å². The molecule has 1 aliphatic rings. The SMILES string of the molecule is Cc1nn(CC2CCCC2)c(C)c1N. The summed E-state index contributed by atoms with van der Waals surface area (Å²) in [6.07, 6.45) is 5.50. The third kappa shape index (κ3) is 1.63. The van der Waals surface area contributed by atoms with E-state index in [9.17, 15) is 0 Å². The van der Waals surface area contributed by atoms with Crippen molar-refractivity contribution in [3.8, 4) is 0 Å². The summed E-state index contributed by atoms with van der Waals surface area (Å²) in [5.41, 5.74) is 8.86. The second kappa shape index (κ2) is 3.64. The summed E-state index contributed by atoms with van der Waals surface area (Å²) in [6.45, 7) is 5.10. The molecule has 1 aliphatic carbocycles. The highest BCUT2D eigenvalue weighted by Crippen LogP contribution is 2.27.